The van der Waals surface area contributed by atoms with Crippen LogP contribution >= 0.6 is 11.3 Å². The minimum atomic E-state index is -0.0609. The fourth-order valence-electron chi connectivity index (χ4n) is 3.76. The van der Waals surface area contributed by atoms with Crippen LogP contribution in [-0.4, -0.2) is 40.7 Å². The van der Waals surface area contributed by atoms with E-state index in [9.17, 15) is 4.79 Å². The highest BCUT2D eigenvalue weighted by atomic mass is 32.1. The van der Waals surface area contributed by atoms with E-state index >= 15 is 0 Å². The SMILES string of the molecule is Cc1cc([C@H]2CCCN(C(=O)C[C@@H]3OCCc4ccsc43)C2)n[nH]1. The van der Waals surface area contributed by atoms with E-state index in [4.69, 9.17) is 4.74 Å². The molecule has 4 rings (SSSR count). The lowest BCUT2D eigenvalue weighted by atomic mass is 9.94. The lowest BCUT2D eigenvalue weighted by Crippen LogP contribution is -2.40. The summed E-state index contributed by atoms with van der Waals surface area (Å²) in [5, 5.41) is 9.50. The van der Waals surface area contributed by atoms with Gasteiger partial charge in [0.1, 0.15) is 6.10 Å². The van der Waals surface area contributed by atoms with E-state index in [1.807, 2.05) is 11.8 Å². The van der Waals surface area contributed by atoms with E-state index in [2.05, 4.69) is 27.7 Å². The van der Waals surface area contributed by atoms with E-state index in [-0.39, 0.29) is 12.0 Å². The Hall–Kier alpha value is -1.66. The summed E-state index contributed by atoms with van der Waals surface area (Å²) in [5.41, 5.74) is 3.52. The van der Waals surface area contributed by atoms with Crippen LogP contribution in [0.5, 0.6) is 0 Å². The monoisotopic (exact) mass is 345 g/mol. The lowest BCUT2D eigenvalue weighted by molar-refractivity contribution is -0.135. The molecule has 1 fully saturated rings. The largest absolute Gasteiger partial charge is 0.372 e. The van der Waals surface area contributed by atoms with Gasteiger partial charge < -0.3 is 9.64 Å². The summed E-state index contributed by atoms with van der Waals surface area (Å²) in [5.74, 6) is 0.551. The van der Waals surface area contributed by atoms with Crippen molar-refractivity contribution in [2.24, 2.45) is 0 Å². The normalized spacial score (nSPS) is 24.0. The zero-order valence-corrected chi connectivity index (χ0v) is 14.8. The number of fused-ring (bicyclic) bond motifs is 1. The number of likely N-dealkylation sites (tertiary alicyclic amines) is 1. The van der Waals surface area contributed by atoms with E-state index in [1.54, 1.807) is 11.3 Å². The number of amides is 1. The molecule has 4 heterocycles. The molecule has 1 amide bonds. The number of ether oxygens (including phenoxy) is 1. The van der Waals surface area contributed by atoms with Crippen LogP contribution in [0, 0.1) is 6.92 Å². The number of hydrogen-bond donors (Lipinski definition) is 1. The Morgan fingerprint density at radius 1 is 1.54 bits per heavy atom. The number of aromatic amines is 1. The first-order valence-corrected chi connectivity index (χ1v) is 9.56. The summed E-state index contributed by atoms with van der Waals surface area (Å²) < 4.78 is 5.88. The summed E-state index contributed by atoms with van der Waals surface area (Å²) in [4.78, 5) is 16.0. The van der Waals surface area contributed by atoms with Crippen LogP contribution in [0.15, 0.2) is 17.5 Å². The molecule has 2 aliphatic rings. The van der Waals surface area contributed by atoms with Crippen molar-refractivity contribution in [2.75, 3.05) is 19.7 Å². The van der Waals surface area contributed by atoms with Gasteiger partial charge in [0.2, 0.25) is 5.91 Å². The summed E-state index contributed by atoms with van der Waals surface area (Å²) >= 11 is 1.71. The predicted molar refractivity (Wildman–Crippen MR) is 93.2 cm³/mol. The van der Waals surface area contributed by atoms with Crippen LogP contribution in [0.25, 0.3) is 0 Å². The first-order valence-electron chi connectivity index (χ1n) is 8.68. The zero-order valence-electron chi connectivity index (χ0n) is 14.0. The molecule has 6 heteroatoms. The van der Waals surface area contributed by atoms with Gasteiger partial charge >= 0.3 is 0 Å². The van der Waals surface area contributed by atoms with Crippen LogP contribution in [0.4, 0.5) is 0 Å². The molecule has 0 spiro atoms. The number of carbonyl (C=O) groups is 1. The Morgan fingerprint density at radius 3 is 3.29 bits per heavy atom. The van der Waals surface area contributed by atoms with Crippen molar-refractivity contribution < 1.29 is 9.53 Å². The van der Waals surface area contributed by atoms with Gasteiger partial charge in [0, 0.05) is 29.6 Å². The van der Waals surface area contributed by atoms with Gasteiger partial charge in [-0.2, -0.15) is 5.10 Å². The maximum Gasteiger partial charge on any atom is 0.225 e. The van der Waals surface area contributed by atoms with Gasteiger partial charge in [-0.05, 0) is 49.3 Å². The number of piperidine rings is 1. The van der Waals surface area contributed by atoms with E-state index in [0.29, 0.717) is 12.3 Å². The van der Waals surface area contributed by atoms with Crippen molar-refractivity contribution in [1.29, 1.82) is 0 Å². The Kier molecular flexibility index (Phi) is 4.41. The third kappa shape index (κ3) is 3.13. The third-order valence-electron chi connectivity index (χ3n) is 5.04. The maximum absolute atomic E-state index is 12.8. The van der Waals surface area contributed by atoms with Crippen LogP contribution in [0.2, 0.25) is 0 Å². The molecule has 0 aromatic carbocycles. The molecule has 2 atom stereocenters. The average molecular weight is 345 g/mol. The second-order valence-electron chi connectivity index (χ2n) is 6.78. The van der Waals surface area contributed by atoms with Gasteiger partial charge in [0.25, 0.3) is 0 Å². The number of thiophene rings is 1. The van der Waals surface area contributed by atoms with Gasteiger partial charge in [-0.3, -0.25) is 9.89 Å². The Balaban J connectivity index is 1.42. The summed E-state index contributed by atoms with van der Waals surface area (Å²) in [6.07, 6.45) is 3.50. The molecule has 1 saturated heterocycles. The number of nitrogens with zero attached hydrogens (tertiary/aromatic N) is 2. The second kappa shape index (κ2) is 6.69. The first-order chi connectivity index (χ1) is 11.7. The topological polar surface area (TPSA) is 58.2 Å². The highest BCUT2D eigenvalue weighted by Gasteiger charge is 2.30. The molecule has 0 aliphatic carbocycles. The van der Waals surface area contributed by atoms with Gasteiger partial charge in [-0.15, -0.1) is 11.3 Å². The van der Waals surface area contributed by atoms with Gasteiger partial charge in [-0.1, -0.05) is 0 Å². The Bertz CT molecular complexity index is 723. The standard InChI is InChI=1S/C18H23N3O2S/c1-12-9-15(20-19-12)14-3-2-6-21(11-14)17(22)10-16-18-13(4-7-23-16)5-8-24-18/h5,8-9,14,16H,2-4,6-7,10-11H2,1H3,(H,19,20)/t14-,16-/m0/s1. The summed E-state index contributed by atoms with van der Waals surface area (Å²) in [7, 11) is 0. The molecule has 0 radical (unpaired) electrons. The number of carbonyl (C=O) groups excluding carboxylic acids is 1. The van der Waals surface area contributed by atoms with Crippen LogP contribution in [0.3, 0.4) is 0 Å². The molecule has 0 bridgehead atoms. The summed E-state index contributed by atoms with van der Waals surface area (Å²) in [6.45, 7) is 4.36. The molecule has 24 heavy (non-hydrogen) atoms. The fourth-order valence-corrected chi connectivity index (χ4v) is 4.76. The highest BCUT2D eigenvalue weighted by Crippen LogP contribution is 2.35. The number of rotatable bonds is 3. The molecule has 2 aromatic rings. The fraction of sp³-hybridized carbons (Fsp3) is 0.556. The van der Waals surface area contributed by atoms with E-state index < -0.39 is 0 Å². The quantitative estimate of drug-likeness (QED) is 0.929. The van der Waals surface area contributed by atoms with Crippen LogP contribution in [0.1, 0.15) is 53.1 Å². The molecular weight excluding hydrogens is 322 g/mol. The third-order valence-corrected chi connectivity index (χ3v) is 6.09. The van der Waals surface area contributed by atoms with Crippen molar-refractivity contribution >= 4 is 17.2 Å². The number of H-pyrrole nitrogens is 1. The number of aromatic nitrogens is 2. The minimum Gasteiger partial charge on any atom is -0.372 e. The second-order valence-corrected chi connectivity index (χ2v) is 7.73. The average Bonchev–Trinajstić information content (AvgIpc) is 3.24. The summed E-state index contributed by atoms with van der Waals surface area (Å²) in [6, 6.07) is 4.26. The van der Waals surface area contributed by atoms with Crippen molar-refractivity contribution in [1.82, 2.24) is 15.1 Å². The molecule has 1 N–H and O–H groups in total. The molecule has 0 unspecified atom stereocenters. The van der Waals surface area contributed by atoms with Gasteiger partial charge in [0.15, 0.2) is 0 Å². The molecule has 5 nitrogen and oxygen atoms in total. The van der Waals surface area contributed by atoms with Crippen molar-refractivity contribution in [3.8, 4) is 0 Å². The molecular formula is C18H23N3O2S. The smallest absolute Gasteiger partial charge is 0.225 e. The van der Waals surface area contributed by atoms with Crippen LogP contribution in [-0.2, 0) is 16.0 Å². The van der Waals surface area contributed by atoms with Gasteiger partial charge in [-0.25, -0.2) is 0 Å². The van der Waals surface area contributed by atoms with Crippen LogP contribution < -0.4 is 0 Å². The maximum atomic E-state index is 12.8. The molecule has 2 aromatic heterocycles. The highest BCUT2D eigenvalue weighted by molar-refractivity contribution is 7.10. The van der Waals surface area contributed by atoms with Crippen molar-refractivity contribution in [3.05, 3.63) is 39.3 Å². The first kappa shape index (κ1) is 15.8. The van der Waals surface area contributed by atoms with E-state index in [0.717, 1.165) is 50.3 Å². The number of aryl methyl sites for hydroxylation is 1. The van der Waals surface area contributed by atoms with Gasteiger partial charge in [0.05, 0.1) is 18.7 Å². The molecule has 2 aliphatic heterocycles. The molecule has 128 valence electrons. The number of hydrogen-bond acceptors (Lipinski definition) is 4. The Labute approximate surface area is 146 Å². The van der Waals surface area contributed by atoms with Crippen molar-refractivity contribution in [2.45, 2.75) is 44.6 Å². The molecule has 0 saturated carbocycles. The van der Waals surface area contributed by atoms with Crippen molar-refractivity contribution in [3.63, 3.8) is 0 Å². The zero-order chi connectivity index (χ0) is 16.5. The van der Waals surface area contributed by atoms with E-state index in [1.165, 1.54) is 10.4 Å². The minimum absolute atomic E-state index is 0.0609. The number of nitrogens with one attached hydrogen (secondary N) is 1. The Morgan fingerprint density at radius 2 is 2.46 bits per heavy atom. The predicted octanol–water partition coefficient (Wildman–Crippen LogP) is 3.19. The lowest BCUT2D eigenvalue weighted by Gasteiger charge is -2.33.